The first-order valence-electron chi connectivity index (χ1n) is 14.7. The smallest absolute Gasteiger partial charge is 0.00783 e. The molecule has 0 spiro atoms. The van der Waals surface area contributed by atoms with E-state index >= 15 is 0 Å². The Morgan fingerprint density at radius 2 is 1.30 bits per heavy atom. The highest BCUT2D eigenvalue weighted by molar-refractivity contribution is 8.00. The molecule has 3 saturated carbocycles. The first-order chi connectivity index (χ1) is 15.8. The molecule has 0 aromatic carbocycles. The lowest BCUT2D eigenvalue weighted by Crippen LogP contribution is -2.35. The van der Waals surface area contributed by atoms with Crippen molar-refractivity contribution in [3.8, 4) is 0 Å². The van der Waals surface area contributed by atoms with E-state index in [4.69, 9.17) is 0 Å². The van der Waals surface area contributed by atoms with Crippen LogP contribution in [0.1, 0.15) is 112 Å². The Bertz CT molecular complexity index is 551. The van der Waals surface area contributed by atoms with Crippen LogP contribution in [-0.2, 0) is 0 Å². The van der Waals surface area contributed by atoms with E-state index in [1.54, 1.807) is 0 Å². The molecule has 11 atom stereocenters. The summed E-state index contributed by atoms with van der Waals surface area (Å²) < 4.78 is 0. The van der Waals surface area contributed by atoms with Gasteiger partial charge in [0.05, 0.1) is 0 Å². The second-order valence-electron chi connectivity index (χ2n) is 12.7. The van der Waals surface area contributed by atoms with Gasteiger partial charge in [-0.25, -0.2) is 0 Å². The first kappa shape index (κ1) is 28.6. The summed E-state index contributed by atoms with van der Waals surface area (Å²) in [6, 6.07) is 0. The van der Waals surface area contributed by atoms with E-state index in [1.807, 2.05) is 0 Å². The monoisotopic (exact) mass is 512 g/mol. The molecule has 3 rings (SSSR count). The Morgan fingerprint density at radius 3 is 1.88 bits per heavy atom. The molecule has 0 aliphatic heterocycles. The number of rotatable bonds is 10. The fourth-order valence-electron chi connectivity index (χ4n) is 7.02. The predicted octanol–water partition coefficient (Wildman–Crippen LogP) is 9.87. The maximum absolute atomic E-state index is 4.63. The first-order valence-corrected chi connectivity index (χ1v) is 17.3. The van der Waals surface area contributed by atoms with E-state index in [0.717, 1.165) is 68.8 Å². The molecule has 3 heteroatoms. The van der Waals surface area contributed by atoms with Gasteiger partial charge in [-0.1, -0.05) is 60.8 Å². The second kappa shape index (κ2) is 14.1. The lowest BCUT2D eigenvalue weighted by Gasteiger charge is -2.42. The lowest BCUT2D eigenvalue weighted by molar-refractivity contribution is 0.232. The van der Waals surface area contributed by atoms with E-state index < -0.39 is 0 Å². The number of hydrogen-bond acceptors (Lipinski definition) is 3. The van der Waals surface area contributed by atoms with Crippen LogP contribution in [-0.4, -0.2) is 27.3 Å². The predicted molar refractivity (Wildman–Crippen MR) is 158 cm³/mol. The Labute approximate surface area is 222 Å². The Balaban J connectivity index is 1.48. The van der Waals surface area contributed by atoms with Gasteiger partial charge in [0.25, 0.3) is 0 Å². The molecular weight excluding hydrogens is 457 g/mol. The van der Waals surface area contributed by atoms with E-state index in [0.29, 0.717) is 0 Å². The maximum atomic E-state index is 4.63. The van der Waals surface area contributed by atoms with E-state index in [1.165, 1.54) is 76.4 Å². The van der Waals surface area contributed by atoms with Gasteiger partial charge in [0.1, 0.15) is 0 Å². The lowest BCUT2D eigenvalue weighted by atomic mass is 9.77. The van der Waals surface area contributed by atoms with Gasteiger partial charge >= 0.3 is 0 Å². The van der Waals surface area contributed by atoms with Gasteiger partial charge in [-0.3, -0.25) is 0 Å². The normalized spacial score (nSPS) is 40.8. The van der Waals surface area contributed by atoms with Gasteiger partial charge in [0.15, 0.2) is 0 Å². The molecule has 33 heavy (non-hydrogen) atoms. The second-order valence-corrected chi connectivity index (χ2v) is 15.9. The van der Waals surface area contributed by atoms with Crippen molar-refractivity contribution < 1.29 is 0 Å². The van der Waals surface area contributed by atoms with Crippen molar-refractivity contribution in [2.75, 3.05) is 11.5 Å². The van der Waals surface area contributed by atoms with Gasteiger partial charge in [0, 0.05) is 15.7 Å². The summed E-state index contributed by atoms with van der Waals surface area (Å²) in [5.41, 5.74) is 0. The third-order valence-electron chi connectivity index (χ3n) is 10.3. The van der Waals surface area contributed by atoms with E-state index in [2.05, 4.69) is 77.7 Å². The Kier molecular flexibility index (Phi) is 12.2. The number of thiol groups is 1. The molecule has 11 unspecified atom stereocenters. The van der Waals surface area contributed by atoms with E-state index in [9.17, 15) is 0 Å². The standard InChI is InChI=1S/C30H56S3/c1-7-20(2)25-9-8-10-28(15-25)32-19-24(6)27-14-12-22(4)30(17-27)33-29-16-26(23(5)18-31)13-11-21(29)3/h20-31H,7-19H2,1-6H3. The van der Waals surface area contributed by atoms with Crippen molar-refractivity contribution in [3.05, 3.63) is 0 Å². The van der Waals surface area contributed by atoms with Crippen LogP contribution in [0.3, 0.4) is 0 Å². The van der Waals surface area contributed by atoms with Crippen LogP contribution in [0.15, 0.2) is 0 Å². The Hall–Kier alpha value is 1.05. The van der Waals surface area contributed by atoms with Crippen LogP contribution in [0, 0.1) is 47.3 Å². The summed E-state index contributed by atoms with van der Waals surface area (Å²) in [6.45, 7) is 15.0. The average molecular weight is 513 g/mol. The quantitative estimate of drug-likeness (QED) is 0.289. The summed E-state index contributed by atoms with van der Waals surface area (Å²) in [4.78, 5) is 0. The molecule has 0 amide bonds. The third-order valence-corrected chi connectivity index (χ3v) is 14.5. The van der Waals surface area contributed by atoms with Crippen LogP contribution in [0.25, 0.3) is 0 Å². The highest BCUT2D eigenvalue weighted by Crippen LogP contribution is 2.47. The van der Waals surface area contributed by atoms with Gasteiger partial charge in [-0.2, -0.15) is 36.2 Å². The average Bonchev–Trinajstić information content (AvgIpc) is 2.84. The molecule has 3 aliphatic carbocycles. The van der Waals surface area contributed by atoms with E-state index in [-0.39, 0.29) is 0 Å². The fourth-order valence-corrected chi connectivity index (χ4v) is 10.9. The molecule has 0 radical (unpaired) electrons. The molecule has 0 saturated heterocycles. The molecular formula is C30H56S3. The summed E-state index contributed by atoms with van der Waals surface area (Å²) in [5.74, 6) is 9.79. The van der Waals surface area contributed by atoms with Crippen molar-refractivity contribution in [2.24, 2.45) is 47.3 Å². The third kappa shape index (κ3) is 8.28. The SMILES string of the molecule is CCC(C)C1CCCC(SCC(C)C2CCC(C)C(SC3CC(C(C)CS)CCC3C)C2)C1. The summed E-state index contributed by atoms with van der Waals surface area (Å²) in [6.07, 6.45) is 16.1. The number of thioether (sulfide) groups is 2. The minimum Gasteiger partial charge on any atom is -0.179 e. The highest BCUT2D eigenvalue weighted by atomic mass is 32.2. The van der Waals surface area contributed by atoms with Crippen molar-refractivity contribution >= 4 is 36.2 Å². The van der Waals surface area contributed by atoms with Gasteiger partial charge in [0.2, 0.25) is 0 Å². The minimum absolute atomic E-state index is 0.789. The molecule has 0 nitrogen and oxygen atoms in total. The van der Waals surface area contributed by atoms with Crippen molar-refractivity contribution in [1.82, 2.24) is 0 Å². The zero-order chi connectivity index (χ0) is 24.0. The van der Waals surface area contributed by atoms with Crippen molar-refractivity contribution in [2.45, 2.75) is 128 Å². The molecule has 0 heterocycles. The zero-order valence-electron chi connectivity index (χ0n) is 22.8. The van der Waals surface area contributed by atoms with Crippen LogP contribution in [0.5, 0.6) is 0 Å². The molecule has 0 bridgehead atoms. The van der Waals surface area contributed by atoms with Crippen molar-refractivity contribution in [3.63, 3.8) is 0 Å². The van der Waals surface area contributed by atoms with Gasteiger partial charge in [-0.15, -0.1) is 0 Å². The fraction of sp³-hybridized carbons (Fsp3) is 1.00. The Morgan fingerprint density at radius 1 is 0.727 bits per heavy atom. The van der Waals surface area contributed by atoms with Crippen LogP contribution < -0.4 is 0 Å². The highest BCUT2D eigenvalue weighted by Gasteiger charge is 2.37. The topological polar surface area (TPSA) is 0 Å². The summed E-state index contributed by atoms with van der Waals surface area (Å²) >= 11 is 9.42. The zero-order valence-corrected chi connectivity index (χ0v) is 25.3. The van der Waals surface area contributed by atoms with Gasteiger partial charge in [-0.05, 0) is 110 Å². The molecule has 194 valence electrons. The largest absolute Gasteiger partial charge is 0.179 e. The molecule has 3 aliphatic rings. The maximum Gasteiger partial charge on any atom is 0.00783 e. The van der Waals surface area contributed by atoms with Crippen LogP contribution in [0.4, 0.5) is 0 Å². The number of hydrogen-bond donors (Lipinski definition) is 1. The molecule has 0 aromatic rings. The molecule has 3 fully saturated rings. The summed E-state index contributed by atoms with van der Waals surface area (Å²) in [7, 11) is 0. The van der Waals surface area contributed by atoms with Crippen molar-refractivity contribution in [1.29, 1.82) is 0 Å². The minimum atomic E-state index is 0.789. The van der Waals surface area contributed by atoms with Gasteiger partial charge < -0.3 is 0 Å². The summed E-state index contributed by atoms with van der Waals surface area (Å²) in [5, 5.41) is 2.74. The molecule has 0 aromatic heterocycles. The molecule has 0 N–H and O–H groups in total. The van der Waals surface area contributed by atoms with Crippen LogP contribution in [0.2, 0.25) is 0 Å². The van der Waals surface area contributed by atoms with Crippen LogP contribution >= 0.6 is 36.2 Å².